The van der Waals surface area contributed by atoms with Gasteiger partial charge >= 0.3 is 0 Å². The molecule has 0 aliphatic carbocycles. The summed E-state index contributed by atoms with van der Waals surface area (Å²) >= 11 is 0. The topological polar surface area (TPSA) is 43.3 Å². The summed E-state index contributed by atoms with van der Waals surface area (Å²) in [6, 6.07) is 6.52. The van der Waals surface area contributed by atoms with Crippen molar-refractivity contribution in [3.63, 3.8) is 0 Å². The van der Waals surface area contributed by atoms with Crippen molar-refractivity contribution >= 4 is 16.8 Å². The first-order valence-electron chi connectivity index (χ1n) is 9.61. The maximum atomic E-state index is 12.7. The number of nitrogens with zero attached hydrogens (tertiary/aromatic N) is 1. The minimum absolute atomic E-state index is 0.0159. The van der Waals surface area contributed by atoms with Gasteiger partial charge in [-0.3, -0.25) is 4.79 Å². The van der Waals surface area contributed by atoms with Crippen LogP contribution in [0.4, 0.5) is 0 Å². The predicted octanol–water partition coefficient (Wildman–Crippen LogP) is 4.47. The second kappa shape index (κ2) is 9.62. The van der Waals surface area contributed by atoms with E-state index in [1.165, 1.54) is 10.9 Å². The van der Waals surface area contributed by atoms with Gasteiger partial charge in [-0.1, -0.05) is 26.3 Å². The van der Waals surface area contributed by atoms with Crippen LogP contribution in [0.25, 0.3) is 10.9 Å². The van der Waals surface area contributed by atoms with E-state index in [0.717, 1.165) is 55.6 Å². The fourth-order valence-corrected chi connectivity index (χ4v) is 3.22. The van der Waals surface area contributed by atoms with E-state index >= 15 is 0 Å². The molecule has 0 radical (unpaired) electrons. The molecule has 4 nitrogen and oxygen atoms in total. The van der Waals surface area contributed by atoms with E-state index in [-0.39, 0.29) is 5.91 Å². The first-order chi connectivity index (χ1) is 12.1. The smallest absolute Gasteiger partial charge is 0.268 e. The molecular formula is C21H32N2O2. The molecule has 0 spiro atoms. The normalized spacial score (nSPS) is 11.2. The van der Waals surface area contributed by atoms with Gasteiger partial charge in [0.2, 0.25) is 0 Å². The number of carbonyl (C=O) groups excluding carboxylic acids is 1. The summed E-state index contributed by atoms with van der Waals surface area (Å²) in [6.45, 7) is 11.4. The lowest BCUT2D eigenvalue weighted by molar-refractivity contribution is 0.0931. The maximum Gasteiger partial charge on any atom is 0.268 e. The zero-order valence-corrected chi connectivity index (χ0v) is 16.2. The molecule has 0 fully saturated rings. The summed E-state index contributed by atoms with van der Waals surface area (Å²) in [4.78, 5) is 12.7. The van der Waals surface area contributed by atoms with Crippen molar-refractivity contribution in [2.75, 3.05) is 19.8 Å². The standard InChI is InChI=1S/C21H32N2O2/c1-5-8-13-25-14-9-12-22-21(24)20-16(4)18-15-17(6-2)10-11-19(18)23(20)7-3/h10-11,15H,5-9,12-14H2,1-4H3,(H,22,24). The Kier molecular flexibility index (Phi) is 7.51. The van der Waals surface area contributed by atoms with Crippen LogP contribution in [0.5, 0.6) is 0 Å². The Morgan fingerprint density at radius 3 is 2.60 bits per heavy atom. The van der Waals surface area contributed by atoms with Crippen molar-refractivity contribution < 1.29 is 9.53 Å². The maximum absolute atomic E-state index is 12.7. The van der Waals surface area contributed by atoms with Gasteiger partial charge in [0.1, 0.15) is 5.69 Å². The van der Waals surface area contributed by atoms with Gasteiger partial charge in [-0.25, -0.2) is 0 Å². The van der Waals surface area contributed by atoms with E-state index in [4.69, 9.17) is 4.74 Å². The van der Waals surface area contributed by atoms with Crippen molar-refractivity contribution in [3.05, 3.63) is 35.0 Å². The molecule has 138 valence electrons. The molecule has 2 rings (SSSR count). The second-order valence-corrected chi connectivity index (χ2v) is 6.50. The Bertz CT molecular complexity index is 703. The van der Waals surface area contributed by atoms with Crippen LogP contribution in [-0.2, 0) is 17.7 Å². The number of rotatable bonds is 10. The van der Waals surface area contributed by atoms with E-state index in [0.29, 0.717) is 13.2 Å². The Hall–Kier alpha value is -1.81. The number of carbonyl (C=O) groups is 1. The molecule has 1 N–H and O–H groups in total. The summed E-state index contributed by atoms with van der Waals surface area (Å²) < 4.78 is 7.67. The summed E-state index contributed by atoms with van der Waals surface area (Å²) in [5.41, 5.74) is 4.31. The Morgan fingerprint density at radius 2 is 1.92 bits per heavy atom. The van der Waals surface area contributed by atoms with Gasteiger partial charge in [-0.05, 0) is 56.4 Å². The lowest BCUT2D eigenvalue weighted by atomic mass is 10.1. The van der Waals surface area contributed by atoms with E-state index in [2.05, 4.69) is 55.8 Å². The number of aryl methyl sites for hydroxylation is 3. The molecule has 25 heavy (non-hydrogen) atoms. The lowest BCUT2D eigenvalue weighted by Gasteiger charge is -2.10. The highest BCUT2D eigenvalue weighted by Crippen LogP contribution is 2.27. The van der Waals surface area contributed by atoms with E-state index in [1.807, 2.05) is 0 Å². The number of benzene rings is 1. The van der Waals surface area contributed by atoms with E-state index in [1.54, 1.807) is 0 Å². The van der Waals surface area contributed by atoms with Crippen LogP contribution >= 0.6 is 0 Å². The molecule has 0 saturated heterocycles. The highest BCUT2D eigenvalue weighted by Gasteiger charge is 2.19. The van der Waals surface area contributed by atoms with Gasteiger partial charge in [-0.15, -0.1) is 0 Å². The molecule has 1 aromatic heterocycles. The molecule has 0 aliphatic heterocycles. The molecule has 0 atom stereocenters. The third-order valence-electron chi connectivity index (χ3n) is 4.71. The number of hydrogen-bond donors (Lipinski definition) is 1. The van der Waals surface area contributed by atoms with Gasteiger partial charge in [0, 0.05) is 37.2 Å². The molecule has 1 heterocycles. The molecule has 0 saturated carbocycles. The summed E-state index contributed by atoms with van der Waals surface area (Å²) in [5.74, 6) is 0.0159. The van der Waals surface area contributed by atoms with Gasteiger partial charge in [0.15, 0.2) is 0 Å². The minimum Gasteiger partial charge on any atom is -0.381 e. The van der Waals surface area contributed by atoms with Crippen molar-refractivity contribution in [2.45, 2.75) is 59.9 Å². The SMILES string of the molecule is CCCCOCCCNC(=O)c1c(C)c2cc(CC)ccc2n1CC. The molecule has 4 heteroatoms. The summed E-state index contributed by atoms with van der Waals surface area (Å²) in [7, 11) is 0. The van der Waals surface area contributed by atoms with Crippen LogP contribution in [0.2, 0.25) is 0 Å². The zero-order chi connectivity index (χ0) is 18.2. The van der Waals surface area contributed by atoms with Crippen molar-refractivity contribution in [2.24, 2.45) is 0 Å². The van der Waals surface area contributed by atoms with Crippen LogP contribution < -0.4 is 5.32 Å². The zero-order valence-electron chi connectivity index (χ0n) is 16.2. The summed E-state index contributed by atoms with van der Waals surface area (Å²) in [5, 5.41) is 4.24. The summed E-state index contributed by atoms with van der Waals surface area (Å²) in [6.07, 6.45) is 4.10. The number of amides is 1. The highest BCUT2D eigenvalue weighted by molar-refractivity contribution is 6.01. The molecule has 1 amide bonds. The quantitative estimate of drug-likeness (QED) is 0.646. The van der Waals surface area contributed by atoms with Crippen LogP contribution in [0.15, 0.2) is 18.2 Å². The van der Waals surface area contributed by atoms with Gasteiger partial charge in [0.05, 0.1) is 0 Å². The number of nitrogens with one attached hydrogen (secondary N) is 1. The second-order valence-electron chi connectivity index (χ2n) is 6.50. The van der Waals surface area contributed by atoms with Crippen LogP contribution in [-0.4, -0.2) is 30.2 Å². The predicted molar refractivity (Wildman–Crippen MR) is 104 cm³/mol. The lowest BCUT2D eigenvalue weighted by Crippen LogP contribution is -2.28. The molecule has 1 aromatic carbocycles. The van der Waals surface area contributed by atoms with Crippen LogP contribution in [0.3, 0.4) is 0 Å². The van der Waals surface area contributed by atoms with Crippen molar-refractivity contribution in [1.29, 1.82) is 0 Å². The highest BCUT2D eigenvalue weighted by atomic mass is 16.5. The third kappa shape index (κ3) is 4.63. The molecule has 2 aromatic rings. The van der Waals surface area contributed by atoms with Crippen molar-refractivity contribution in [1.82, 2.24) is 9.88 Å². The molecule has 0 unspecified atom stereocenters. The average Bonchev–Trinajstić information content (AvgIpc) is 2.92. The van der Waals surface area contributed by atoms with Gasteiger partial charge in [0.25, 0.3) is 5.91 Å². The molecular weight excluding hydrogens is 312 g/mol. The van der Waals surface area contributed by atoms with Crippen molar-refractivity contribution in [3.8, 4) is 0 Å². The van der Waals surface area contributed by atoms with E-state index < -0.39 is 0 Å². The first-order valence-corrected chi connectivity index (χ1v) is 9.61. The fraction of sp³-hybridized carbons (Fsp3) is 0.571. The Balaban J connectivity index is 2.06. The molecule has 0 aliphatic rings. The number of unbranched alkanes of at least 4 members (excludes halogenated alkanes) is 1. The fourth-order valence-electron chi connectivity index (χ4n) is 3.22. The third-order valence-corrected chi connectivity index (χ3v) is 4.71. The Morgan fingerprint density at radius 1 is 1.16 bits per heavy atom. The molecule has 0 bridgehead atoms. The number of aromatic nitrogens is 1. The number of fused-ring (bicyclic) bond motifs is 1. The first kappa shape index (κ1) is 19.5. The van der Waals surface area contributed by atoms with E-state index in [9.17, 15) is 4.79 Å². The monoisotopic (exact) mass is 344 g/mol. The number of ether oxygens (including phenoxy) is 1. The Labute approximate surface area is 151 Å². The minimum atomic E-state index is 0.0159. The van der Waals surface area contributed by atoms with Gasteiger partial charge in [-0.2, -0.15) is 0 Å². The van der Waals surface area contributed by atoms with Gasteiger partial charge < -0.3 is 14.6 Å². The van der Waals surface area contributed by atoms with Crippen LogP contribution in [0.1, 0.15) is 61.6 Å². The number of hydrogen-bond acceptors (Lipinski definition) is 2. The largest absolute Gasteiger partial charge is 0.381 e. The van der Waals surface area contributed by atoms with Crippen LogP contribution in [0, 0.1) is 6.92 Å². The average molecular weight is 344 g/mol.